The summed E-state index contributed by atoms with van der Waals surface area (Å²) in [5, 5.41) is 5.25. The van der Waals surface area contributed by atoms with E-state index in [2.05, 4.69) is 14.9 Å². The van der Waals surface area contributed by atoms with Gasteiger partial charge in [0, 0.05) is 31.7 Å². The van der Waals surface area contributed by atoms with Crippen LogP contribution >= 0.6 is 0 Å². The van der Waals surface area contributed by atoms with Crippen LogP contribution in [0.5, 0.6) is 0 Å². The molecule has 168 valence electrons. The van der Waals surface area contributed by atoms with Gasteiger partial charge in [-0.05, 0) is 49.9 Å². The first-order valence-corrected chi connectivity index (χ1v) is 12.5. The van der Waals surface area contributed by atoms with Crippen molar-refractivity contribution in [2.45, 2.75) is 30.6 Å². The highest BCUT2D eigenvalue weighted by Crippen LogP contribution is 2.27. The summed E-state index contributed by atoms with van der Waals surface area (Å²) in [4.78, 5) is 29.6. The van der Waals surface area contributed by atoms with Gasteiger partial charge >= 0.3 is 0 Å². The summed E-state index contributed by atoms with van der Waals surface area (Å²) in [7, 11) is -3.80. The molecule has 1 amide bonds. The first kappa shape index (κ1) is 20.9. The van der Waals surface area contributed by atoms with Crippen molar-refractivity contribution in [1.29, 1.82) is 0 Å². The Hall–Kier alpha value is -2.98. The molecule has 32 heavy (non-hydrogen) atoms. The molecule has 2 fully saturated rings. The Morgan fingerprint density at radius 2 is 1.88 bits per heavy atom. The highest BCUT2D eigenvalue weighted by Gasteiger charge is 2.31. The number of pyridine rings is 1. The van der Waals surface area contributed by atoms with E-state index in [0.717, 1.165) is 51.1 Å². The number of imidazole rings is 1. The predicted molar refractivity (Wildman–Crippen MR) is 121 cm³/mol. The Balaban J connectivity index is 1.39. The number of hydrogen-bond donors (Lipinski definition) is 2. The highest BCUT2D eigenvalue weighted by atomic mass is 32.2. The van der Waals surface area contributed by atoms with Crippen molar-refractivity contribution in [1.82, 2.24) is 19.9 Å². The van der Waals surface area contributed by atoms with Crippen molar-refractivity contribution >= 4 is 32.9 Å². The third-order valence-electron chi connectivity index (χ3n) is 6.28. The van der Waals surface area contributed by atoms with E-state index >= 15 is 0 Å². The van der Waals surface area contributed by atoms with Crippen LogP contribution < -0.4 is 10.0 Å². The van der Waals surface area contributed by atoms with Gasteiger partial charge in [-0.2, -0.15) is 0 Å². The number of H-pyrrole nitrogens is 1. The lowest BCUT2D eigenvalue weighted by Gasteiger charge is -2.34. The van der Waals surface area contributed by atoms with Gasteiger partial charge in [0.1, 0.15) is 17.2 Å². The van der Waals surface area contributed by atoms with Gasteiger partial charge in [-0.3, -0.25) is 4.79 Å². The van der Waals surface area contributed by atoms with E-state index in [0.29, 0.717) is 29.1 Å². The van der Waals surface area contributed by atoms with Crippen molar-refractivity contribution in [3.05, 3.63) is 36.4 Å². The van der Waals surface area contributed by atoms with E-state index in [1.54, 1.807) is 12.1 Å². The number of rotatable bonds is 4. The number of hydrogen-bond acceptors (Lipinski definition) is 6. The Kier molecular flexibility index (Phi) is 5.34. The molecule has 0 saturated carbocycles. The number of aromatic nitrogens is 3. The molecule has 3 aromatic rings. The maximum Gasteiger partial charge on any atom is 0.238 e. The summed E-state index contributed by atoms with van der Waals surface area (Å²) in [6, 6.07) is 10.2. The molecule has 0 unspecified atom stereocenters. The van der Waals surface area contributed by atoms with Crippen LogP contribution in [-0.4, -0.2) is 60.4 Å². The Bertz CT molecular complexity index is 1270. The maximum atomic E-state index is 12.9. The number of amides is 1. The zero-order chi connectivity index (χ0) is 22.3. The molecule has 2 saturated heterocycles. The van der Waals surface area contributed by atoms with Crippen molar-refractivity contribution in [3.8, 4) is 11.4 Å². The Morgan fingerprint density at radius 3 is 2.66 bits per heavy atom. The molecule has 2 aliphatic heterocycles. The van der Waals surface area contributed by atoms with Crippen LogP contribution in [0.15, 0.2) is 41.3 Å². The van der Waals surface area contributed by atoms with Crippen molar-refractivity contribution in [2.24, 2.45) is 11.1 Å². The van der Waals surface area contributed by atoms with Gasteiger partial charge in [-0.25, -0.2) is 23.5 Å². The lowest BCUT2D eigenvalue weighted by molar-refractivity contribution is -0.134. The first-order chi connectivity index (χ1) is 15.4. The smallest absolute Gasteiger partial charge is 0.238 e. The normalized spacial score (nSPS) is 19.6. The van der Waals surface area contributed by atoms with Crippen LogP contribution in [-0.2, 0) is 14.8 Å². The highest BCUT2D eigenvalue weighted by molar-refractivity contribution is 7.89. The van der Waals surface area contributed by atoms with Gasteiger partial charge in [0.05, 0.1) is 10.8 Å². The molecule has 4 heterocycles. The van der Waals surface area contributed by atoms with E-state index in [9.17, 15) is 13.2 Å². The van der Waals surface area contributed by atoms with Gasteiger partial charge in [-0.1, -0.05) is 12.1 Å². The van der Waals surface area contributed by atoms with Crippen LogP contribution in [0.1, 0.15) is 25.7 Å². The second kappa shape index (κ2) is 8.18. The SMILES string of the molecule is NS(=O)(=O)c1cccc(-c2nc3ccc(N4CCC[C@@H](C(=O)N5CCCC5)C4)nc3[nH]2)c1. The number of primary sulfonamides is 1. The second-order valence-corrected chi connectivity index (χ2v) is 10.1. The molecular formula is C22H26N6O3S. The van der Waals surface area contributed by atoms with Crippen LogP contribution in [0.2, 0.25) is 0 Å². The number of aromatic amines is 1. The number of piperidine rings is 1. The number of nitrogens with one attached hydrogen (secondary N) is 1. The first-order valence-electron chi connectivity index (χ1n) is 10.9. The van der Waals surface area contributed by atoms with Crippen LogP contribution in [0.3, 0.4) is 0 Å². The lowest BCUT2D eigenvalue weighted by atomic mass is 9.96. The lowest BCUT2D eigenvalue weighted by Crippen LogP contribution is -2.44. The standard InChI is InChI=1S/C22H26N6O3S/c23-32(30,31)17-7-3-5-15(13-17)20-24-18-8-9-19(25-21(18)26-20)28-12-4-6-16(14-28)22(29)27-10-1-2-11-27/h3,5,7-9,13,16H,1-2,4,6,10-12,14H2,(H2,23,30,31)(H,24,25,26)/t16-/m1/s1. The maximum absolute atomic E-state index is 12.9. The van der Waals surface area contributed by atoms with Crippen LogP contribution in [0.25, 0.3) is 22.6 Å². The van der Waals surface area contributed by atoms with Crippen molar-refractivity contribution < 1.29 is 13.2 Å². The third kappa shape index (κ3) is 4.07. The average Bonchev–Trinajstić information content (AvgIpc) is 3.48. The van der Waals surface area contributed by atoms with Crippen LogP contribution in [0.4, 0.5) is 5.82 Å². The fraction of sp³-hybridized carbons (Fsp3) is 0.409. The molecular weight excluding hydrogens is 428 g/mol. The number of nitrogens with zero attached hydrogens (tertiary/aromatic N) is 4. The molecule has 2 aliphatic rings. The van der Waals surface area contributed by atoms with E-state index < -0.39 is 10.0 Å². The van der Waals surface area contributed by atoms with Gasteiger partial charge in [-0.15, -0.1) is 0 Å². The number of carbonyl (C=O) groups is 1. The zero-order valence-electron chi connectivity index (χ0n) is 17.7. The number of carbonyl (C=O) groups excluding carboxylic acids is 1. The number of benzene rings is 1. The van der Waals surface area contributed by atoms with E-state index in [-0.39, 0.29) is 16.7 Å². The monoisotopic (exact) mass is 454 g/mol. The van der Waals surface area contributed by atoms with E-state index in [1.807, 2.05) is 17.0 Å². The number of fused-ring (bicyclic) bond motifs is 1. The fourth-order valence-corrected chi connectivity index (χ4v) is 5.16. The number of likely N-dealkylation sites (tertiary alicyclic amines) is 1. The molecule has 2 aromatic heterocycles. The predicted octanol–water partition coefficient (Wildman–Crippen LogP) is 2.11. The minimum atomic E-state index is -3.80. The minimum absolute atomic E-state index is 0.0117. The molecule has 0 bridgehead atoms. The van der Waals surface area contributed by atoms with Crippen LogP contribution in [0, 0.1) is 5.92 Å². The molecule has 0 spiro atoms. The summed E-state index contributed by atoms with van der Waals surface area (Å²) in [6.45, 7) is 3.29. The number of sulfonamides is 1. The van der Waals surface area contributed by atoms with Gasteiger partial charge in [0.25, 0.3) is 0 Å². The van der Waals surface area contributed by atoms with Gasteiger partial charge in [0.2, 0.25) is 15.9 Å². The summed E-state index contributed by atoms with van der Waals surface area (Å²) < 4.78 is 23.3. The number of nitrogens with two attached hydrogens (primary N) is 1. The summed E-state index contributed by atoms with van der Waals surface area (Å²) in [5.74, 6) is 1.62. The molecule has 0 aliphatic carbocycles. The average molecular weight is 455 g/mol. The molecule has 1 atom stereocenters. The largest absolute Gasteiger partial charge is 0.356 e. The molecule has 0 radical (unpaired) electrons. The summed E-state index contributed by atoms with van der Waals surface area (Å²) >= 11 is 0. The molecule has 9 nitrogen and oxygen atoms in total. The summed E-state index contributed by atoms with van der Waals surface area (Å²) in [6.07, 6.45) is 4.08. The minimum Gasteiger partial charge on any atom is -0.356 e. The number of anilines is 1. The zero-order valence-corrected chi connectivity index (χ0v) is 18.5. The van der Waals surface area contributed by atoms with E-state index in [4.69, 9.17) is 10.1 Å². The van der Waals surface area contributed by atoms with Crippen molar-refractivity contribution in [2.75, 3.05) is 31.1 Å². The second-order valence-electron chi connectivity index (χ2n) is 8.51. The molecule has 5 rings (SSSR count). The molecule has 1 aromatic carbocycles. The molecule has 3 N–H and O–H groups in total. The Morgan fingerprint density at radius 1 is 1.06 bits per heavy atom. The third-order valence-corrected chi connectivity index (χ3v) is 7.19. The van der Waals surface area contributed by atoms with Gasteiger partial charge < -0.3 is 14.8 Å². The summed E-state index contributed by atoms with van der Waals surface area (Å²) in [5.41, 5.74) is 1.92. The quantitative estimate of drug-likeness (QED) is 0.622. The van der Waals surface area contributed by atoms with E-state index in [1.165, 1.54) is 12.1 Å². The van der Waals surface area contributed by atoms with Crippen molar-refractivity contribution in [3.63, 3.8) is 0 Å². The van der Waals surface area contributed by atoms with Gasteiger partial charge in [0.15, 0.2) is 5.65 Å². The molecule has 10 heteroatoms. The topological polar surface area (TPSA) is 125 Å². The Labute approximate surface area is 186 Å². The fourth-order valence-electron chi connectivity index (χ4n) is 4.60.